The molecule has 0 atom stereocenters. The maximum atomic E-state index is 8.66. The second-order valence-corrected chi connectivity index (χ2v) is 4.95. The Labute approximate surface area is 96.0 Å². The van der Waals surface area contributed by atoms with E-state index in [1.807, 2.05) is 23.2 Å². The Bertz CT molecular complexity index is 453. The standard InChI is InChI=1S/C10H9N3S2/c11-2-8-1-9(14-6-8)3-12-4-10-5-13-7-15-10/h1,5-7,12H,3-4H2. The Balaban J connectivity index is 1.81. The minimum absolute atomic E-state index is 0.745. The Kier molecular flexibility index (Phi) is 3.45. The zero-order valence-electron chi connectivity index (χ0n) is 7.93. The summed E-state index contributed by atoms with van der Waals surface area (Å²) in [7, 11) is 0. The number of rotatable bonds is 4. The average Bonchev–Trinajstić information content (AvgIpc) is 2.88. The topological polar surface area (TPSA) is 48.7 Å². The van der Waals surface area contributed by atoms with Crippen molar-refractivity contribution in [2.75, 3.05) is 0 Å². The van der Waals surface area contributed by atoms with Gasteiger partial charge in [0, 0.05) is 34.4 Å². The van der Waals surface area contributed by atoms with Crippen molar-refractivity contribution in [1.29, 1.82) is 5.26 Å². The zero-order valence-corrected chi connectivity index (χ0v) is 9.57. The van der Waals surface area contributed by atoms with Gasteiger partial charge in [-0.15, -0.1) is 22.7 Å². The molecule has 3 nitrogen and oxygen atoms in total. The van der Waals surface area contributed by atoms with E-state index in [0.717, 1.165) is 18.7 Å². The third-order valence-corrected chi connectivity index (χ3v) is 3.58. The van der Waals surface area contributed by atoms with Crippen molar-refractivity contribution in [3.05, 3.63) is 38.5 Å². The molecule has 2 aromatic heterocycles. The first-order chi connectivity index (χ1) is 7.38. The Morgan fingerprint density at radius 1 is 1.33 bits per heavy atom. The van der Waals surface area contributed by atoms with E-state index in [2.05, 4.69) is 16.4 Å². The van der Waals surface area contributed by atoms with Crippen molar-refractivity contribution in [3.8, 4) is 6.07 Å². The van der Waals surface area contributed by atoms with Gasteiger partial charge in [-0.25, -0.2) is 0 Å². The van der Waals surface area contributed by atoms with Crippen LogP contribution in [0.15, 0.2) is 23.2 Å². The lowest BCUT2D eigenvalue weighted by atomic mass is 10.3. The Morgan fingerprint density at radius 2 is 2.20 bits per heavy atom. The normalized spacial score (nSPS) is 10.1. The molecule has 0 unspecified atom stereocenters. The molecule has 0 radical (unpaired) electrons. The van der Waals surface area contributed by atoms with Gasteiger partial charge in [-0.2, -0.15) is 5.26 Å². The summed E-state index contributed by atoms with van der Waals surface area (Å²) in [4.78, 5) is 6.42. The summed E-state index contributed by atoms with van der Waals surface area (Å²) in [5.41, 5.74) is 2.57. The van der Waals surface area contributed by atoms with E-state index in [4.69, 9.17) is 5.26 Å². The fraction of sp³-hybridized carbons (Fsp3) is 0.200. The van der Waals surface area contributed by atoms with Crippen molar-refractivity contribution >= 4 is 22.7 Å². The van der Waals surface area contributed by atoms with Gasteiger partial charge in [-0.3, -0.25) is 4.98 Å². The second-order valence-electron chi connectivity index (χ2n) is 2.98. The fourth-order valence-electron chi connectivity index (χ4n) is 1.17. The van der Waals surface area contributed by atoms with E-state index in [9.17, 15) is 0 Å². The molecule has 0 spiro atoms. The summed E-state index contributed by atoms with van der Waals surface area (Å²) in [6, 6.07) is 4.05. The van der Waals surface area contributed by atoms with Crippen molar-refractivity contribution in [3.63, 3.8) is 0 Å². The number of nitrogens with one attached hydrogen (secondary N) is 1. The summed E-state index contributed by atoms with van der Waals surface area (Å²) in [5, 5.41) is 13.8. The number of hydrogen-bond donors (Lipinski definition) is 1. The summed E-state index contributed by atoms with van der Waals surface area (Å²) < 4.78 is 0. The van der Waals surface area contributed by atoms with Crippen LogP contribution < -0.4 is 5.32 Å². The molecule has 0 amide bonds. The minimum Gasteiger partial charge on any atom is -0.307 e. The van der Waals surface area contributed by atoms with Gasteiger partial charge in [0.25, 0.3) is 0 Å². The van der Waals surface area contributed by atoms with Crippen LogP contribution in [0.5, 0.6) is 0 Å². The molecule has 0 saturated carbocycles. The van der Waals surface area contributed by atoms with Crippen LogP contribution in [-0.2, 0) is 13.1 Å². The van der Waals surface area contributed by atoms with Crippen molar-refractivity contribution in [2.24, 2.45) is 0 Å². The lowest BCUT2D eigenvalue weighted by molar-refractivity contribution is 0.708. The van der Waals surface area contributed by atoms with Gasteiger partial charge in [0.05, 0.1) is 11.1 Å². The molecule has 2 heterocycles. The van der Waals surface area contributed by atoms with Crippen LogP contribution in [0, 0.1) is 11.3 Å². The van der Waals surface area contributed by atoms with E-state index < -0.39 is 0 Å². The van der Waals surface area contributed by atoms with Crippen LogP contribution in [0.4, 0.5) is 0 Å². The van der Waals surface area contributed by atoms with E-state index >= 15 is 0 Å². The highest BCUT2D eigenvalue weighted by molar-refractivity contribution is 7.10. The number of thiazole rings is 1. The monoisotopic (exact) mass is 235 g/mol. The number of thiophene rings is 1. The van der Waals surface area contributed by atoms with Gasteiger partial charge in [0.15, 0.2) is 0 Å². The highest BCUT2D eigenvalue weighted by Gasteiger charge is 1.99. The molecule has 0 aliphatic carbocycles. The molecule has 15 heavy (non-hydrogen) atoms. The van der Waals surface area contributed by atoms with E-state index in [1.54, 1.807) is 22.7 Å². The number of nitriles is 1. The second kappa shape index (κ2) is 5.03. The third kappa shape index (κ3) is 2.86. The maximum absolute atomic E-state index is 8.66. The van der Waals surface area contributed by atoms with Crippen molar-refractivity contribution < 1.29 is 0 Å². The molecule has 0 fully saturated rings. The molecule has 2 aromatic rings. The first-order valence-electron chi connectivity index (χ1n) is 4.44. The smallest absolute Gasteiger partial charge is 0.100 e. The van der Waals surface area contributed by atoms with E-state index in [-0.39, 0.29) is 0 Å². The van der Waals surface area contributed by atoms with Crippen LogP contribution in [0.3, 0.4) is 0 Å². The first kappa shape index (κ1) is 10.3. The molecule has 0 aliphatic heterocycles. The number of aromatic nitrogens is 1. The van der Waals surface area contributed by atoms with Crippen LogP contribution in [0.2, 0.25) is 0 Å². The average molecular weight is 235 g/mol. The zero-order chi connectivity index (χ0) is 10.5. The highest BCUT2D eigenvalue weighted by atomic mass is 32.1. The summed E-state index contributed by atoms with van der Waals surface area (Å²) in [5.74, 6) is 0. The Hall–Kier alpha value is -1.22. The fourth-order valence-corrected chi connectivity index (χ4v) is 2.51. The van der Waals surface area contributed by atoms with E-state index in [0.29, 0.717) is 0 Å². The molecule has 5 heteroatoms. The highest BCUT2D eigenvalue weighted by Crippen LogP contribution is 2.13. The molecule has 0 bridgehead atoms. The lowest BCUT2D eigenvalue weighted by Gasteiger charge is -1.98. The van der Waals surface area contributed by atoms with Crippen molar-refractivity contribution in [2.45, 2.75) is 13.1 Å². The van der Waals surface area contributed by atoms with Gasteiger partial charge in [0.1, 0.15) is 6.07 Å². The molecule has 0 saturated heterocycles. The quantitative estimate of drug-likeness (QED) is 0.885. The SMILES string of the molecule is N#Cc1csc(CNCc2cncs2)c1. The van der Waals surface area contributed by atoms with Gasteiger partial charge < -0.3 is 5.32 Å². The van der Waals surface area contributed by atoms with Gasteiger partial charge >= 0.3 is 0 Å². The van der Waals surface area contributed by atoms with Crippen LogP contribution in [0.25, 0.3) is 0 Å². The van der Waals surface area contributed by atoms with Gasteiger partial charge in [-0.05, 0) is 6.07 Å². The summed E-state index contributed by atoms with van der Waals surface area (Å²) in [6.07, 6.45) is 1.87. The summed E-state index contributed by atoms with van der Waals surface area (Å²) >= 11 is 3.26. The molecule has 0 aromatic carbocycles. The number of nitrogens with zero attached hydrogens (tertiary/aromatic N) is 2. The van der Waals surface area contributed by atoms with Crippen LogP contribution >= 0.6 is 22.7 Å². The van der Waals surface area contributed by atoms with E-state index in [1.165, 1.54) is 9.75 Å². The molecule has 1 N–H and O–H groups in total. The van der Waals surface area contributed by atoms with Crippen LogP contribution in [0.1, 0.15) is 15.3 Å². The minimum atomic E-state index is 0.745. The molecular weight excluding hydrogens is 226 g/mol. The Morgan fingerprint density at radius 3 is 2.87 bits per heavy atom. The molecule has 76 valence electrons. The van der Waals surface area contributed by atoms with Gasteiger partial charge in [-0.1, -0.05) is 0 Å². The molecule has 2 rings (SSSR count). The predicted octanol–water partition coefficient (Wildman–Crippen LogP) is 2.37. The lowest BCUT2D eigenvalue weighted by Crippen LogP contribution is -2.10. The summed E-state index contributed by atoms with van der Waals surface area (Å²) in [6.45, 7) is 1.65. The first-order valence-corrected chi connectivity index (χ1v) is 6.20. The maximum Gasteiger partial charge on any atom is 0.100 e. The molecular formula is C10H9N3S2. The third-order valence-electron chi connectivity index (χ3n) is 1.86. The van der Waals surface area contributed by atoms with Crippen molar-refractivity contribution in [1.82, 2.24) is 10.3 Å². The molecule has 0 aliphatic rings. The van der Waals surface area contributed by atoms with Crippen LogP contribution in [-0.4, -0.2) is 4.98 Å². The predicted molar refractivity (Wildman–Crippen MR) is 61.7 cm³/mol. The van der Waals surface area contributed by atoms with Gasteiger partial charge in [0.2, 0.25) is 0 Å². The number of hydrogen-bond acceptors (Lipinski definition) is 5. The largest absolute Gasteiger partial charge is 0.307 e.